The molecule has 0 amide bonds. The second-order valence-electron chi connectivity index (χ2n) is 3.00. The molecule has 1 aliphatic carbocycles. The van der Waals surface area contributed by atoms with Gasteiger partial charge in [-0.15, -0.1) is 0 Å². The van der Waals surface area contributed by atoms with Crippen LogP contribution < -0.4 is 5.73 Å². The summed E-state index contributed by atoms with van der Waals surface area (Å²) in [6, 6.07) is 0. The van der Waals surface area contributed by atoms with E-state index in [1.165, 1.54) is 0 Å². The Morgan fingerprint density at radius 2 is 2.17 bits per heavy atom. The summed E-state index contributed by atoms with van der Waals surface area (Å²) in [6.45, 7) is 0. The van der Waals surface area contributed by atoms with Gasteiger partial charge in [-0.2, -0.15) is 8.78 Å². The summed E-state index contributed by atoms with van der Waals surface area (Å²) in [6.07, 6.45) is -1.84. The highest BCUT2D eigenvalue weighted by atomic mass is 19.3. The van der Waals surface area contributed by atoms with E-state index >= 15 is 0 Å². The highest BCUT2D eigenvalue weighted by molar-refractivity contribution is 5.79. The molecule has 5 heteroatoms. The zero-order chi connectivity index (χ0) is 9.35. The van der Waals surface area contributed by atoms with Gasteiger partial charge in [-0.1, -0.05) is 0 Å². The zero-order valence-corrected chi connectivity index (χ0v) is 6.31. The van der Waals surface area contributed by atoms with Gasteiger partial charge in [0.1, 0.15) is 5.54 Å². The van der Waals surface area contributed by atoms with Crippen LogP contribution in [-0.2, 0) is 4.79 Å². The van der Waals surface area contributed by atoms with Crippen LogP contribution in [0.2, 0.25) is 0 Å². The second kappa shape index (κ2) is 2.82. The van der Waals surface area contributed by atoms with Crippen molar-refractivity contribution in [2.75, 3.05) is 0 Å². The molecule has 1 fully saturated rings. The van der Waals surface area contributed by atoms with Crippen molar-refractivity contribution in [1.29, 1.82) is 0 Å². The number of hydrogen-bond acceptors (Lipinski definition) is 2. The minimum atomic E-state index is -1.79. The standard InChI is InChI=1S/C7H9F2NO2/c8-5(9)4-1-2-7(10,3-4)6(11)12/h1-3,10H2,(H,11,12)/t7-/m0/s1. The van der Waals surface area contributed by atoms with Crippen LogP contribution in [-0.4, -0.2) is 16.6 Å². The SMILES string of the molecule is N[C@@]1(C(=O)O)CCC(=C(F)F)C1. The van der Waals surface area contributed by atoms with E-state index in [-0.39, 0.29) is 24.8 Å². The van der Waals surface area contributed by atoms with Crippen molar-refractivity contribution in [3.63, 3.8) is 0 Å². The summed E-state index contributed by atoms with van der Waals surface area (Å²) < 4.78 is 24.0. The largest absolute Gasteiger partial charge is 0.480 e. The number of carbonyl (C=O) groups is 1. The Hall–Kier alpha value is -0.970. The van der Waals surface area contributed by atoms with Gasteiger partial charge in [0.15, 0.2) is 0 Å². The van der Waals surface area contributed by atoms with Gasteiger partial charge >= 0.3 is 5.97 Å². The molecule has 3 N–H and O–H groups in total. The fourth-order valence-electron chi connectivity index (χ4n) is 1.28. The lowest BCUT2D eigenvalue weighted by molar-refractivity contribution is -0.142. The van der Waals surface area contributed by atoms with Crippen LogP contribution >= 0.6 is 0 Å². The molecule has 1 atom stereocenters. The lowest BCUT2D eigenvalue weighted by atomic mass is 10.00. The first-order valence-corrected chi connectivity index (χ1v) is 3.51. The van der Waals surface area contributed by atoms with Crippen LogP contribution in [0.15, 0.2) is 11.7 Å². The van der Waals surface area contributed by atoms with Crippen molar-refractivity contribution < 1.29 is 18.7 Å². The van der Waals surface area contributed by atoms with E-state index in [1.54, 1.807) is 0 Å². The molecule has 0 heterocycles. The Bertz CT molecular complexity index is 248. The molecule has 0 bridgehead atoms. The van der Waals surface area contributed by atoms with Crippen molar-refractivity contribution in [2.45, 2.75) is 24.8 Å². The van der Waals surface area contributed by atoms with Gasteiger partial charge in [0, 0.05) is 6.42 Å². The van der Waals surface area contributed by atoms with Gasteiger partial charge in [0.25, 0.3) is 6.08 Å². The minimum Gasteiger partial charge on any atom is -0.480 e. The number of hydrogen-bond donors (Lipinski definition) is 2. The Kier molecular flexibility index (Phi) is 2.14. The minimum absolute atomic E-state index is 0.0884. The summed E-state index contributed by atoms with van der Waals surface area (Å²) in [5, 5.41) is 8.58. The van der Waals surface area contributed by atoms with Gasteiger partial charge in [0.05, 0.1) is 0 Å². The average molecular weight is 177 g/mol. The number of halogens is 2. The normalized spacial score (nSPS) is 29.1. The van der Waals surface area contributed by atoms with Crippen molar-refractivity contribution >= 4 is 5.97 Å². The summed E-state index contributed by atoms with van der Waals surface area (Å²) >= 11 is 0. The number of rotatable bonds is 1. The van der Waals surface area contributed by atoms with Gasteiger partial charge in [-0.3, -0.25) is 4.79 Å². The lowest BCUT2D eigenvalue weighted by Gasteiger charge is -2.15. The molecule has 0 radical (unpaired) electrons. The summed E-state index contributed by atoms with van der Waals surface area (Å²) in [5.41, 5.74) is 3.76. The van der Waals surface area contributed by atoms with Crippen molar-refractivity contribution in [2.24, 2.45) is 5.73 Å². The predicted octanol–water partition coefficient (Wildman–Crippen LogP) is 1.10. The topological polar surface area (TPSA) is 63.3 Å². The summed E-state index contributed by atoms with van der Waals surface area (Å²) in [4.78, 5) is 10.5. The number of nitrogens with two attached hydrogens (primary N) is 1. The van der Waals surface area contributed by atoms with Crippen LogP contribution in [0.4, 0.5) is 8.78 Å². The molecule has 1 saturated carbocycles. The van der Waals surface area contributed by atoms with Crippen molar-refractivity contribution in [3.8, 4) is 0 Å². The predicted molar refractivity (Wildman–Crippen MR) is 37.6 cm³/mol. The summed E-state index contributed by atoms with van der Waals surface area (Å²) in [7, 11) is 0. The molecule has 3 nitrogen and oxygen atoms in total. The van der Waals surface area contributed by atoms with Crippen LogP contribution in [0.1, 0.15) is 19.3 Å². The highest BCUT2D eigenvalue weighted by Gasteiger charge is 2.40. The van der Waals surface area contributed by atoms with E-state index in [0.29, 0.717) is 0 Å². The molecule has 0 unspecified atom stereocenters. The first-order chi connectivity index (χ1) is 5.46. The smallest absolute Gasteiger partial charge is 0.324 e. The number of carboxylic acids is 1. The molecule has 0 aromatic rings. The van der Waals surface area contributed by atoms with E-state index in [4.69, 9.17) is 10.8 Å². The first kappa shape index (κ1) is 9.12. The Morgan fingerprint density at radius 3 is 2.42 bits per heavy atom. The summed E-state index contributed by atoms with van der Waals surface area (Å²) in [5.74, 6) is -1.21. The third-order valence-electron chi connectivity index (χ3n) is 2.09. The fourth-order valence-corrected chi connectivity index (χ4v) is 1.28. The molecule has 0 aromatic heterocycles. The van der Waals surface area contributed by atoms with E-state index in [1.807, 2.05) is 0 Å². The Labute approximate surface area is 67.9 Å². The maximum Gasteiger partial charge on any atom is 0.324 e. The molecular weight excluding hydrogens is 168 g/mol. The average Bonchev–Trinajstić information content (AvgIpc) is 2.33. The maximum atomic E-state index is 12.0. The van der Waals surface area contributed by atoms with Crippen LogP contribution in [0.3, 0.4) is 0 Å². The van der Waals surface area contributed by atoms with E-state index in [9.17, 15) is 13.6 Å². The molecule has 1 rings (SSSR count). The van der Waals surface area contributed by atoms with Gasteiger partial charge in [0.2, 0.25) is 0 Å². The molecular formula is C7H9F2NO2. The van der Waals surface area contributed by atoms with Crippen LogP contribution in [0, 0.1) is 0 Å². The first-order valence-electron chi connectivity index (χ1n) is 3.51. The third kappa shape index (κ3) is 1.45. The Balaban J connectivity index is 2.81. The maximum absolute atomic E-state index is 12.0. The van der Waals surface area contributed by atoms with Crippen LogP contribution in [0.25, 0.3) is 0 Å². The van der Waals surface area contributed by atoms with Crippen LogP contribution in [0.5, 0.6) is 0 Å². The third-order valence-corrected chi connectivity index (χ3v) is 2.09. The molecule has 12 heavy (non-hydrogen) atoms. The Morgan fingerprint density at radius 1 is 1.58 bits per heavy atom. The number of aliphatic carboxylic acids is 1. The molecule has 1 aliphatic rings. The molecule has 0 saturated heterocycles. The molecule has 0 spiro atoms. The van der Waals surface area contributed by atoms with Crippen molar-refractivity contribution in [1.82, 2.24) is 0 Å². The van der Waals surface area contributed by atoms with Gasteiger partial charge < -0.3 is 10.8 Å². The molecule has 68 valence electrons. The fraction of sp³-hybridized carbons (Fsp3) is 0.571. The molecule has 0 aliphatic heterocycles. The quantitative estimate of drug-likeness (QED) is 0.630. The monoisotopic (exact) mass is 177 g/mol. The van der Waals surface area contributed by atoms with Gasteiger partial charge in [-0.25, -0.2) is 0 Å². The van der Waals surface area contributed by atoms with E-state index in [0.717, 1.165) is 0 Å². The van der Waals surface area contributed by atoms with E-state index in [2.05, 4.69) is 0 Å². The molecule has 0 aromatic carbocycles. The lowest BCUT2D eigenvalue weighted by Crippen LogP contribution is -2.45. The highest BCUT2D eigenvalue weighted by Crippen LogP contribution is 2.34. The van der Waals surface area contributed by atoms with Gasteiger partial charge in [-0.05, 0) is 18.4 Å². The van der Waals surface area contributed by atoms with E-state index < -0.39 is 17.6 Å². The van der Waals surface area contributed by atoms with Crippen molar-refractivity contribution in [3.05, 3.63) is 11.7 Å². The number of carboxylic acid groups (broad SMARTS) is 1. The zero-order valence-electron chi connectivity index (χ0n) is 6.31. The second-order valence-corrected chi connectivity index (χ2v) is 3.00.